The zero-order valence-corrected chi connectivity index (χ0v) is 12.2. The topological polar surface area (TPSA) is 134 Å². The van der Waals surface area contributed by atoms with E-state index in [2.05, 4.69) is 15.1 Å². The van der Waals surface area contributed by atoms with Gasteiger partial charge in [-0.1, -0.05) is 18.2 Å². The normalized spacial score (nSPS) is 10.2. The van der Waals surface area contributed by atoms with Gasteiger partial charge in [-0.05, 0) is 35.9 Å². The molecule has 2 rings (SSSR count). The number of phenolic OH excluding ortho intramolecular Hbond substituents is 3. The fourth-order valence-electron chi connectivity index (χ4n) is 1.66. The Morgan fingerprint density at radius 1 is 0.917 bits per heavy atom. The van der Waals surface area contributed by atoms with Crippen molar-refractivity contribution in [3.05, 3.63) is 59.7 Å². The number of aromatic hydroxyl groups is 3. The van der Waals surface area contributed by atoms with Crippen LogP contribution in [0.15, 0.2) is 58.8 Å². The van der Waals surface area contributed by atoms with Crippen LogP contribution in [0.25, 0.3) is 6.08 Å². The molecular weight excluding hydrogens is 314 g/mol. The number of carbonyl (C=O) groups is 2. The zero-order valence-electron chi connectivity index (χ0n) is 12.2. The van der Waals surface area contributed by atoms with E-state index < -0.39 is 11.8 Å². The van der Waals surface area contributed by atoms with Crippen molar-refractivity contribution in [2.45, 2.75) is 0 Å². The van der Waals surface area contributed by atoms with Gasteiger partial charge in [0.15, 0.2) is 11.5 Å². The Morgan fingerprint density at radius 2 is 1.67 bits per heavy atom. The highest BCUT2D eigenvalue weighted by molar-refractivity contribution is 5.97. The Labute approximate surface area is 135 Å². The second-order valence-corrected chi connectivity index (χ2v) is 4.53. The van der Waals surface area contributed by atoms with Gasteiger partial charge in [-0.25, -0.2) is 0 Å². The summed E-state index contributed by atoms with van der Waals surface area (Å²) in [6, 6.07) is 9.76. The molecule has 0 spiro atoms. The molecule has 120 valence electrons. The van der Waals surface area contributed by atoms with E-state index in [9.17, 15) is 19.8 Å². The minimum absolute atomic E-state index is 0.0565. The largest absolute Gasteiger partial charge is 0.507 e. The van der Waals surface area contributed by atoms with Crippen molar-refractivity contribution in [1.82, 2.24) is 4.91 Å². The molecule has 2 aromatic rings. The summed E-state index contributed by atoms with van der Waals surface area (Å²) >= 11 is 0. The maximum Gasteiger partial charge on any atom is 0.364 e. The monoisotopic (exact) mass is 326 g/mol. The number of amides is 2. The minimum atomic E-state index is -0.836. The number of hydrogen-bond donors (Lipinski definition) is 3. The molecule has 0 saturated carbocycles. The van der Waals surface area contributed by atoms with Crippen molar-refractivity contribution in [2.75, 3.05) is 0 Å². The SMILES string of the molecule is O=C(C=Cc1ccc(O)c(O)c1)N=[N+]=NC(=O)c1ccccc1O. The Balaban J connectivity index is 2.04. The maximum absolute atomic E-state index is 11.6. The van der Waals surface area contributed by atoms with E-state index in [0.717, 1.165) is 6.08 Å². The van der Waals surface area contributed by atoms with Gasteiger partial charge in [-0.3, -0.25) is 9.59 Å². The predicted octanol–water partition coefficient (Wildman–Crippen LogP) is 2.16. The minimum Gasteiger partial charge on any atom is -0.507 e. The molecule has 0 bridgehead atoms. The lowest BCUT2D eigenvalue weighted by atomic mass is 10.2. The van der Waals surface area contributed by atoms with E-state index in [1.165, 1.54) is 36.4 Å². The number of para-hydroxylation sites is 1. The summed E-state index contributed by atoms with van der Waals surface area (Å²) in [4.78, 5) is 26.2. The van der Waals surface area contributed by atoms with Crippen LogP contribution in [0.4, 0.5) is 0 Å². The fraction of sp³-hybridized carbons (Fsp3) is 0. The molecule has 3 N–H and O–H groups in total. The molecule has 0 saturated heterocycles. The van der Waals surface area contributed by atoms with Crippen LogP contribution in [0, 0.1) is 0 Å². The van der Waals surface area contributed by atoms with E-state index in [1.807, 2.05) is 0 Å². The Bertz CT molecular complexity index is 883. The Hall–Kier alpha value is -3.77. The third-order valence-corrected chi connectivity index (χ3v) is 2.83. The van der Waals surface area contributed by atoms with Gasteiger partial charge in [0.25, 0.3) is 0 Å². The quantitative estimate of drug-likeness (QED) is 0.344. The third kappa shape index (κ3) is 4.36. The second-order valence-electron chi connectivity index (χ2n) is 4.53. The standard InChI is InChI=1S/C16H11N3O5/c20-12-4-2-1-3-11(12)16(24)18-19-17-15(23)8-6-10-5-7-13(21)14(22)9-10/h1-9H,(H2,17,18,20,23,24)/p+1. The number of carbonyl (C=O) groups excluding carboxylic acids is 2. The lowest BCUT2D eigenvalue weighted by molar-refractivity contribution is -0.113. The molecule has 0 heterocycles. The third-order valence-electron chi connectivity index (χ3n) is 2.83. The Morgan fingerprint density at radius 3 is 2.38 bits per heavy atom. The first-order chi connectivity index (χ1) is 11.5. The molecule has 2 amide bonds. The number of hydrogen-bond acceptors (Lipinski definition) is 5. The summed E-state index contributed by atoms with van der Waals surface area (Å²) in [5.74, 6) is -2.47. The van der Waals surface area contributed by atoms with E-state index in [1.54, 1.807) is 12.1 Å². The molecule has 0 atom stereocenters. The lowest BCUT2D eigenvalue weighted by Crippen LogP contribution is -1.95. The van der Waals surface area contributed by atoms with Gasteiger partial charge in [0.2, 0.25) is 15.1 Å². The molecule has 8 heteroatoms. The van der Waals surface area contributed by atoms with Crippen molar-refractivity contribution in [2.24, 2.45) is 10.2 Å². The second kappa shape index (κ2) is 7.48. The molecule has 0 aromatic heterocycles. The predicted molar refractivity (Wildman–Crippen MR) is 83.2 cm³/mol. The molecule has 0 unspecified atom stereocenters. The number of benzene rings is 2. The molecule has 0 aliphatic carbocycles. The van der Waals surface area contributed by atoms with Crippen molar-refractivity contribution in [3.8, 4) is 17.2 Å². The van der Waals surface area contributed by atoms with Crippen molar-refractivity contribution in [1.29, 1.82) is 0 Å². The molecule has 0 aliphatic heterocycles. The first kappa shape index (κ1) is 16.6. The van der Waals surface area contributed by atoms with Gasteiger partial charge >= 0.3 is 11.8 Å². The first-order valence-corrected chi connectivity index (χ1v) is 6.65. The van der Waals surface area contributed by atoms with Gasteiger partial charge in [0, 0.05) is 6.08 Å². The fourth-order valence-corrected chi connectivity index (χ4v) is 1.66. The van der Waals surface area contributed by atoms with Crippen molar-refractivity contribution < 1.29 is 24.9 Å². The van der Waals surface area contributed by atoms with Crippen LogP contribution in [-0.2, 0) is 4.79 Å². The van der Waals surface area contributed by atoms with Crippen LogP contribution >= 0.6 is 0 Å². The van der Waals surface area contributed by atoms with Gasteiger partial charge < -0.3 is 15.3 Å². The van der Waals surface area contributed by atoms with Crippen LogP contribution in [0.3, 0.4) is 0 Å². The smallest absolute Gasteiger partial charge is 0.364 e. The summed E-state index contributed by atoms with van der Waals surface area (Å²) in [6.45, 7) is 0. The van der Waals surface area contributed by atoms with Gasteiger partial charge in [0.05, 0.1) is 5.56 Å². The van der Waals surface area contributed by atoms with Gasteiger partial charge in [-0.15, -0.1) is 0 Å². The number of nitrogens with zero attached hydrogens (tertiary/aromatic N) is 3. The highest BCUT2D eigenvalue weighted by Gasteiger charge is 2.14. The average Bonchev–Trinajstić information content (AvgIpc) is 2.56. The zero-order chi connectivity index (χ0) is 17.5. The highest BCUT2D eigenvalue weighted by atomic mass is 16.3. The molecule has 2 aromatic carbocycles. The van der Waals surface area contributed by atoms with Crippen molar-refractivity contribution >= 4 is 17.9 Å². The summed E-state index contributed by atoms with van der Waals surface area (Å²) < 4.78 is 0. The van der Waals surface area contributed by atoms with E-state index >= 15 is 0 Å². The number of rotatable bonds is 3. The molecule has 0 aliphatic rings. The summed E-state index contributed by atoms with van der Waals surface area (Å²) in [6.07, 6.45) is 2.39. The van der Waals surface area contributed by atoms with E-state index in [-0.39, 0.29) is 22.8 Å². The van der Waals surface area contributed by atoms with Gasteiger partial charge in [-0.2, -0.15) is 0 Å². The molecule has 0 fully saturated rings. The number of phenols is 3. The Kier molecular flexibility index (Phi) is 5.17. The summed E-state index contributed by atoms with van der Waals surface area (Å²) in [5, 5.41) is 34.4. The van der Waals surface area contributed by atoms with Crippen LogP contribution in [-0.4, -0.2) is 27.1 Å². The van der Waals surface area contributed by atoms with Crippen molar-refractivity contribution in [3.63, 3.8) is 0 Å². The van der Waals surface area contributed by atoms with Crippen LogP contribution in [0.2, 0.25) is 0 Å². The average molecular weight is 326 g/mol. The van der Waals surface area contributed by atoms with Crippen LogP contribution in [0.1, 0.15) is 15.9 Å². The lowest BCUT2D eigenvalue weighted by Gasteiger charge is -1.97. The molecule has 24 heavy (non-hydrogen) atoms. The van der Waals surface area contributed by atoms with Crippen LogP contribution in [0.5, 0.6) is 17.2 Å². The summed E-state index contributed by atoms with van der Waals surface area (Å²) in [7, 11) is 0. The summed E-state index contributed by atoms with van der Waals surface area (Å²) in [5.41, 5.74) is 0.398. The van der Waals surface area contributed by atoms with Gasteiger partial charge in [0.1, 0.15) is 5.75 Å². The van der Waals surface area contributed by atoms with E-state index in [4.69, 9.17) is 5.11 Å². The van der Waals surface area contributed by atoms with Crippen LogP contribution < -0.4 is 4.91 Å². The first-order valence-electron chi connectivity index (χ1n) is 6.65. The maximum atomic E-state index is 11.6. The molecule has 0 radical (unpaired) electrons. The van der Waals surface area contributed by atoms with E-state index in [0.29, 0.717) is 5.56 Å². The highest BCUT2D eigenvalue weighted by Crippen LogP contribution is 2.25. The molecule has 8 nitrogen and oxygen atoms in total. The molecular formula is C16H12N3O5+.